The molecule has 54 heavy (non-hydrogen) atoms. The summed E-state index contributed by atoms with van der Waals surface area (Å²) in [5.74, 6) is -2.45. The normalized spacial score (nSPS) is 14.4. The number of carbonyl (C=O) groups is 3. The van der Waals surface area contributed by atoms with Crippen LogP contribution in [0, 0.1) is 0 Å². The van der Waals surface area contributed by atoms with Gasteiger partial charge in [0.05, 0.1) is 13.2 Å². The summed E-state index contributed by atoms with van der Waals surface area (Å²) >= 11 is 0. The first-order chi connectivity index (χ1) is 26.1. The molecule has 310 valence electrons. The molecule has 0 aliphatic carbocycles. The lowest BCUT2D eigenvalue weighted by atomic mass is 10.1. The second-order valence-electron chi connectivity index (χ2n) is 13.4. The minimum Gasteiger partial charge on any atom is -0.480 e. The average molecular weight is 782 g/mol. The molecule has 0 aromatic carbocycles. The maximum Gasteiger partial charge on any atom is 0.472 e. The van der Waals surface area contributed by atoms with Crippen LogP contribution >= 0.6 is 7.82 Å². The standard InChI is InChI=1S/C42H72NO10P/c1-3-5-7-9-11-13-15-17-19-21-23-25-27-29-31-33-40(44)50-35-38(36-51-54(48,49)52-37-39(43)42(46)47)53-41(45)34-32-30-28-26-24-22-20-18-16-14-12-10-8-6-4-2/h5,7,11,13,17-20,23,25,38-39H,3-4,6,8-10,12,14-16,21-22,24,26-37,43H2,1-2H3,(H,46,47)(H,48,49)/b7-5+,13-11+,19-17+,20-18+,25-23+/t38-,39+/m1/s1. The van der Waals surface area contributed by atoms with Crippen LogP contribution in [0.4, 0.5) is 0 Å². The summed E-state index contributed by atoms with van der Waals surface area (Å²) in [5, 5.41) is 8.87. The van der Waals surface area contributed by atoms with Crippen LogP contribution < -0.4 is 5.73 Å². The molecule has 3 atom stereocenters. The highest BCUT2D eigenvalue weighted by atomic mass is 31.2. The largest absolute Gasteiger partial charge is 0.480 e. The molecule has 0 spiro atoms. The summed E-state index contributed by atoms with van der Waals surface area (Å²) in [5.41, 5.74) is 5.32. The molecular formula is C42H72NO10P. The molecule has 1 unspecified atom stereocenters. The molecule has 0 aromatic heterocycles. The molecule has 0 rings (SSSR count). The molecule has 0 saturated heterocycles. The molecule has 0 fully saturated rings. The van der Waals surface area contributed by atoms with E-state index in [-0.39, 0.29) is 19.4 Å². The van der Waals surface area contributed by atoms with E-state index in [1.54, 1.807) is 0 Å². The molecule has 0 bridgehead atoms. The van der Waals surface area contributed by atoms with Gasteiger partial charge in [-0.15, -0.1) is 0 Å². The number of rotatable bonds is 37. The van der Waals surface area contributed by atoms with E-state index in [0.29, 0.717) is 12.8 Å². The molecule has 0 aliphatic heterocycles. The number of ether oxygens (including phenoxy) is 2. The van der Waals surface area contributed by atoms with Crippen molar-refractivity contribution >= 4 is 25.7 Å². The lowest BCUT2D eigenvalue weighted by molar-refractivity contribution is -0.161. The van der Waals surface area contributed by atoms with Crippen molar-refractivity contribution in [2.75, 3.05) is 19.8 Å². The van der Waals surface area contributed by atoms with Gasteiger partial charge in [-0.1, -0.05) is 126 Å². The Morgan fingerprint density at radius 1 is 0.593 bits per heavy atom. The zero-order chi connectivity index (χ0) is 40.0. The summed E-state index contributed by atoms with van der Waals surface area (Å²) in [6.07, 6.45) is 41.5. The van der Waals surface area contributed by atoms with Crippen LogP contribution in [0.5, 0.6) is 0 Å². The summed E-state index contributed by atoms with van der Waals surface area (Å²) in [7, 11) is -4.73. The number of nitrogens with two attached hydrogens (primary N) is 1. The Morgan fingerprint density at radius 2 is 1.04 bits per heavy atom. The van der Waals surface area contributed by atoms with Gasteiger partial charge in [0.2, 0.25) is 0 Å². The number of carboxylic acids is 1. The predicted octanol–water partition coefficient (Wildman–Crippen LogP) is 10.4. The van der Waals surface area contributed by atoms with E-state index in [9.17, 15) is 23.8 Å². The van der Waals surface area contributed by atoms with Gasteiger partial charge in [-0.05, 0) is 77.0 Å². The van der Waals surface area contributed by atoms with Crippen molar-refractivity contribution in [2.24, 2.45) is 5.73 Å². The third-order valence-corrected chi connectivity index (χ3v) is 9.20. The van der Waals surface area contributed by atoms with E-state index >= 15 is 0 Å². The second kappa shape index (κ2) is 37.1. The van der Waals surface area contributed by atoms with E-state index in [1.165, 1.54) is 38.5 Å². The lowest BCUT2D eigenvalue weighted by Crippen LogP contribution is -2.34. The number of hydrogen-bond acceptors (Lipinski definition) is 9. The number of allylic oxidation sites excluding steroid dienone is 10. The van der Waals surface area contributed by atoms with Crippen LogP contribution in [0.25, 0.3) is 0 Å². The van der Waals surface area contributed by atoms with Crippen LogP contribution in [0.15, 0.2) is 60.8 Å². The van der Waals surface area contributed by atoms with E-state index in [4.69, 9.17) is 24.8 Å². The third kappa shape index (κ3) is 36.2. The van der Waals surface area contributed by atoms with Crippen molar-refractivity contribution < 1.29 is 47.5 Å². The molecule has 0 saturated carbocycles. The van der Waals surface area contributed by atoms with Crippen LogP contribution in [-0.4, -0.2) is 59.9 Å². The summed E-state index contributed by atoms with van der Waals surface area (Å²) in [6.45, 7) is 2.61. The Bertz CT molecular complexity index is 1150. The molecule has 0 amide bonds. The number of esters is 2. The van der Waals surface area contributed by atoms with Gasteiger partial charge >= 0.3 is 25.7 Å². The molecule has 0 radical (unpaired) electrons. The Kier molecular flexibility index (Phi) is 35.2. The first-order valence-corrected chi connectivity index (χ1v) is 21.8. The number of phosphoric acid groups is 1. The van der Waals surface area contributed by atoms with Gasteiger partial charge in [0.1, 0.15) is 12.6 Å². The Hall–Kier alpha value is -2.82. The van der Waals surface area contributed by atoms with Crippen LogP contribution in [-0.2, 0) is 37.5 Å². The highest BCUT2D eigenvalue weighted by molar-refractivity contribution is 7.47. The average Bonchev–Trinajstić information content (AvgIpc) is 3.14. The zero-order valence-electron chi connectivity index (χ0n) is 33.3. The Labute approximate surface area is 326 Å². The molecule has 4 N–H and O–H groups in total. The van der Waals surface area contributed by atoms with Gasteiger partial charge in [-0.3, -0.25) is 23.4 Å². The van der Waals surface area contributed by atoms with Gasteiger partial charge < -0.3 is 25.2 Å². The highest BCUT2D eigenvalue weighted by Crippen LogP contribution is 2.43. The molecule has 0 aromatic rings. The fourth-order valence-electron chi connectivity index (χ4n) is 5.05. The number of aliphatic carboxylic acids is 1. The minimum absolute atomic E-state index is 0.140. The summed E-state index contributed by atoms with van der Waals surface area (Å²) in [4.78, 5) is 45.8. The molecular weight excluding hydrogens is 709 g/mol. The van der Waals surface area contributed by atoms with E-state index < -0.39 is 51.1 Å². The van der Waals surface area contributed by atoms with Crippen molar-refractivity contribution in [2.45, 2.75) is 167 Å². The van der Waals surface area contributed by atoms with Crippen LogP contribution in [0.3, 0.4) is 0 Å². The molecule has 0 heterocycles. The van der Waals surface area contributed by atoms with E-state index in [1.807, 2.05) is 0 Å². The summed E-state index contributed by atoms with van der Waals surface area (Å²) < 4.78 is 32.6. The van der Waals surface area contributed by atoms with Crippen molar-refractivity contribution in [1.82, 2.24) is 0 Å². The van der Waals surface area contributed by atoms with Crippen LogP contribution in [0.1, 0.15) is 155 Å². The summed E-state index contributed by atoms with van der Waals surface area (Å²) in [6, 6.07) is -1.53. The SMILES string of the molecule is CC/C=C/C/C=C/C/C=C/C/C=C/CCCCC(=O)OC[C@H](COP(=O)(O)OC[C@H](N)C(=O)O)OC(=O)CCCCCCC/C=C/CCCCCCCC. The number of unbranched alkanes of at least 4 members (excludes halogenated alkanes) is 13. The Balaban J connectivity index is 4.50. The fraction of sp³-hybridized carbons (Fsp3) is 0.690. The van der Waals surface area contributed by atoms with Crippen molar-refractivity contribution in [1.29, 1.82) is 0 Å². The third-order valence-electron chi connectivity index (χ3n) is 8.25. The second-order valence-corrected chi connectivity index (χ2v) is 14.8. The molecule has 0 aliphatic rings. The van der Waals surface area contributed by atoms with Gasteiger partial charge in [0.15, 0.2) is 6.10 Å². The van der Waals surface area contributed by atoms with E-state index in [0.717, 1.165) is 77.0 Å². The fourth-order valence-corrected chi connectivity index (χ4v) is 5.83. The maximum absolute atomic E-state index is 12.6. The number of carbonyl (C=O) groups excluding carboxylic acids is 2. The maximum atomic E-state index is 12.6. The molecule has 12 heteroatoms. The smallest absolute Gasteiger partial charge is 0.472 e. The minimum atomic E-state index is -4.73. The van der Waals surface area contributed by atoms with Gasteiger partial charge in [-0.25, -0.2) is 4.57 Å². The van der Waals surface area contributed by atoms with Gasteiger partial charge in [0.25, 0.3) is 0 Å². The molecule has 11 nitrogen and oxygen atoms in total. The highest BCUT2D eigenvalue weighted by Gasteiger charge is 2.28. The van der Waals surface area contributed by atoms with E-state index in [2.05, 4.69) is 79.1 Å². The monoisotopic (exact) mass is 781 g/mol. The lowest BCUT2D eigenvalue weighted by Gasteiger charge is -2.20. The predicted molar refractivity (Wildman–Crippen MR) is 217 cm³/mol. The zero-order valence-corrected chi connectivity index (χ0v) is 34.2. The van der Waals surface area contributed by atoms with Gasteiger partial charge in [-0.2, -0.15) is 0 Å². The van der Waals surface area contributed by atoms with Crippen molar-refractivity contribution in [3.05, 3.63) is 60.8 Å². The Morgan fingerprint density at radius 3 is 1.61 bits per heavy atom. The van der Waals surface area contributed by atoms with Crippen molar-refractivity contribution in [3.8, 4) is 0 Å². The van der Waals surface area contributed by atoms with Gasteiger partial charge in [0, 0.05) is 12.8 Å². The number of carboxylic acid groups (broad SMARTS) is 1. The van der Waals surface area contributed by atoms with Crippen molar-refractivity contribution in [3.63, 3.8) is 0 Å². The van der Waals surface area contributed by atoms with Crippen LogP contribution in [0.2, 0.25) is 0 Å². The number of phosphoric ester groups is 1. The topological polar surface area (TPSA) is 172 Å². The quantitative estimate of drug-likeness (QED) is 0.0237. The number of hydrogen-bond donors (Lipinski definition) is 3. The first kappa shape index (κ1) is 51.2. The first-order valence-electron chi connectivity index (χ1n) is 20.3.